The Morgan fingerprint density at radius 1 is 1.04 bits per heavy atom. The maximum absolute atomic E-state index is 14.0. The molecule has 0 saturated carbocycles. The monoisotopic (exact) mass is 378 g/mol. The normalized spacial score (nSPS) is 14.4. The van der Waals surface area contributed by atoms with Crippen molar-refractivity contribution in [3.63, 3.8) is 0 Å². The van der Waals surface area contributed by atoms with Gasteiger partial charge in [-0.15, -0.1) is 0 Å². The predicted molar refractivity (Wildman–Crippen MR) is 108 cm³/mol. The number of amides is 1. The van der Waals surface area contributed by atoms with Crippen molar-refractivity contribution in [2.45, 2.75) is 13.5 Å². The van der Waals surface area contributed by atoms with E-state index >= 15 is 0 Å². The van der Waals surface area contributed by atoms with Gasteiger partial charge in [0, 0.05) is 56.9 Å². The predicted octanol–water partition coefficient (Wildman–Crippen LogP) is 3.67. The fraction of sp³-hybridized carbons (Fsp3) is 0.273. The molecule has 2 aromatic heterocycles. The molecule has 0 unspecified atom stereocenters. The summed E-state index contributed by atoms with van der Waals surface area (Å²) in [6, 6.07) is 12.6. The van der Waals surface area contributed by atoms with Gasteiger partial charge in [0.25, 0.3) is 5.91 Å². The zero-order chi connectivity index (χ0) is 19.5. The van der Waals surface area contributed by atoms with Gasteiger partial charge < -0.3 is 14.4 Å². The summed E-state index contributed by atoms with van der Waals surface area (Å²) in [6.45, 7) is 5.15. The first-order chi connectivity index (χ1) is 13.7. The standard InChI is InChI=1S/C22H23FN4O/c1-2-25-16-18(17-7-9-24-10-8-17)15-21(25)22(28)27-13-11-26(12-14-27)20-6-4-3-5-19(20)23/h3-10,15-16H,2,11-14H2,1H3. The lowest BCUT2D eigenvalue weighted by Gasteiger charge is -2.36. The largest absolute Gasteiger partial charge is 0.366 e. The van der Waals surface area contributed by atoms with E-state index in [0.717, 1.165) is 17.7 Å². The third-order valence-corrected chi connectivity index (χ3v) is 5.23. The number of carbonyl (C=O) groups excluding carboxylic acids is 1. The van der Waals surface area contributed by atoms with E-state index in [1.165, 1.54) is 6.07 Å². The van der Waals surface area contributed by atoms with Gasteiger partial charge in [0.2, 0.25) is 0 Å². The smallest absolute Gasteiger partial charge is 0.270 e. The second-order valence-corrected chi connectivity index (χ2v) is 6.87. The van der Waals surface area contributed by atoms with Crippen molar-refractivity contribution in [3.05, 3.63) is 72.6 Å². The first-order valence-electron chi connectivity index (χ1n) is 9.56. The molecule has 4 rings (SSSR count). The average Bonchev–Trinajstić information content (AvgIpc) is 3.19. The van der Waals surface area contributed by atoms with Crippen LogP contribution in [0.25, 0.3) is 11.1 Å². The van der Waals surface area contributed by atoms with Crippen LogP contribution in [0, 0.1) is 5.82 Å². The number of nitrogens with zero attached hydrogens (tertiary/aromatic N) is 4. The van der Waals surface area contributed by atoms with Gasteiger partial charge in [0.1, 0.15) is 11.5 Å². The van der Waals surface area contributed by atoms with Gasteiger partial charge in [-0.1, -0.05) is 12.1 Å². The highest BCUT2D eigenvalue weighted by molar-refractivity contribution is 5.94. The molecule has 0 atom stereocenters. The van der Waals surface area contributed by atoms with Crippen molar-refractivity contribution in [3.8, 4) is 11.1 Å². The highest BCUT2D eigenvalue weighted by atomic mass is 19.1. The lowest BCUT2D eigenvalue weighted by atomic mass is 10.1. The van der Waals surface area contributed by atoms with Gasteiger partial charge in [-0.05, 0) is 42.8 Å². The molecule has 0 radical (unpaired) electrons. The fourth-order valence-electron chi connectivity index (χ4n) is 3.67. The summed E-state index contributed by atoms with van der Waals surface area (Å²) in [5.41, 5.74) is 3.35. The Bertz CT molecular complexity index is 962. The van der Waals surface area contributed by atoms with Crippen LogP contribution < -0.4 is 4.90 Å². The van der Waals surface area contributed by atoms with Crippen LogP contribution in [0.4, 0.5) is 10.1 Å². The minimum absolute atomic E-state index is 0.0235. The number of hydrogen-bond donors (Lipinski definition) is 0. The van der Waals surface area contributed by atoms with Crippen molar-refractivity contribution < 1.29 is 9.18 Å². The second kappa shape index (κ2) is 7.84. The fourth-order valence-corrected chi connectivity index (χ4v) is 3.67. The Kier molecular flexibility index (Phi) is 5.10. The van der Waals surface area contributed by atoms with Crippen molar-refractivity contribution in [1.29, 1.82) is 0 Å². The lowest BCUT2D eigenvalue weighted by molar-refractivity contribution is 0.0736. The molecule has 0 spiro atoms. The Balaban J connectivity index is 1.50. The summed E-state index contributed by atoms with van der Waals surface area (Å²) >= 11 is 0. The molecule has 3 heterocycles. The quantitative estimate of drug-likeness (QED) is 0.696. The second-order valence-electron chi connectivity index (χ2n) is 6.87. The molecule has 1 amide bonds. The van der Waals surface area contributed by atoms with Crippen LogP contribution in [0.3, 0.4) is 0 Å². The van der Waals surface area contributed by atoms with E-state index in [-0.39, 0.29) is 11.7 Å². The molecule has 1 aliphatic rings. The topological polar surface area (TPSA) is 41.4 Å². The van der Waals surface area contributed by atoms with Crippen molar-refractivity contribution in [1.82, 2.24) is 14.5 Å². The third-order valence-electron chi connectivity index (χ3n) is 5.23. The molecule has 0 N–H and O–H groups in total. The minimum Gasteiger partial charge on any atom is -0.366 e. The molecule has 28 heavy (non-hydrogen) atoms. The van der Waals surface area contributed by atoms with Crippen LogP contribution in [0.15, 0.2) is 61.1 Å². The minimum atomic E-state index is -0.218. The number of aryl methyl sites for hydroxylation is 1. The number of rotatable bonds is 4. The Labute approximate surface area is 164 Å². The molecule has 5 nitrogen and oxygen atoms in total. The number of hydrogen-bond acceptors (Lipinski definition) is 3. The van der Waals surface area contributed by atoms with E-state index in [4.69, 9.17) is 0 Å². The van der Waals surface area contributed by atoms with Crippen molar-refractivity contribution in [2.24, 2.45) is 0 Å². The highest BCUT2D eigenvalue weighted by Gasteiger charge is 2.25. The van der Waals surface area contributed by atoms with Gasteiger partial charge in [0.05, 0.1) is 5.69 Å². The summed E-state index contributed by atoms with van der Waals surface area (Å²) in [5, 5.41) is 0. The molecule has 144 valence electrons. The maximum atomic E-state index is 14.0. The molecule has 1 fully saturated rings. The lowest BCUT2D eigenvalue weighted by Crippen LogP contribution is -2.49. The zero-order valence-electron chi connectivity index (χ0n) is 15.9. The van der Waals surface area contributed by atoms with E-state index in [1.54, 1.807) is 24.5 Å². The van der Waals surface area contributed by atoms with Crippen molar-refractivity contribution in [2.75, 3.05) is 31.1 Å². The highest BCUT2D eigenvalue weighted by Crippen LogP contribution is 2.24. The van der Waals surface area contributed by atoms with Gasteiger partial charge in [-0.25, -0.2) is 4.39 Å². The molecular weight excluding hydrogens is 355 g/mol. The third kappa shape index (κ3) is 3.50. The number of para-hydroxylation sites is 1. The molecule has 3 aromatic rings. The van der Waals surface area contributed by atoms with Crippen LogP contribution in [-0.2, 0) is 6.54 Å². The Morgan fingerprint density at radius 2 is 1.75 bits per heavy atom. The van der Waals surface area contributed by atoms with Gasteiger partial charge >= 0.3 is 0 Å². The Morgan fingerprint density at radius 3 is 2.43 bits per heavy atom. The van der Waals surface area contributed by atoms with Crippen LogP contribution in [0.2, 0.25) is 0 Å². The van der Waals surface area contributed by atoms with Gasteiger partial charge in [0.15, 0.2) is 0 Å². The molecular formula is C22H23FN4O. The van der Waals surface area contributed by atoms with E-state index in [0.29, 0.717) is 37.6 Å². The van der Waals surface area contributed by atoms with Crippen LogP contribution in [0.5, 0.6) is 0 Å². The average molecular weight is 378 g/mol. The summed E-state index contributed by atoms with van der Waals surface area (Å²) < 4.78 is 16.0. The first-order valence-corrected chi connectivity index (χ1v) is 9.56. The summed E-state index contributed by atoms with van der Waals surface area (Å²) in [7, 11) is 0. The molecule has 0 aliphatic carbocycles. The van der Waals surface area contributed by atoms with E-state index in [2.05, 4.69) is 4.98 Å². The van der Waals surface area contributed by atoms with Gasteiger partial charge in [-0.3, -0.25) is 9.78 Å². The van der Waals surface area contributed by atoms with E-state index in [9.17, 15) is 9.18 Å². The summed E-state index contributed by atoms with van der Waals surface area (Å²) in [6.07, 6.45) is 5.52. The maximum Gasteiger partial charge on any atom is 0.270 e. The SMILES string of the molecule is CCn1cc(-c2ccncc2)cc1C(=O)N1CCN(c2ccccc2F)CC1. The molecule has 0 bridgehead atoms. The van der Waals surface area contributed by atoms with Crippen molar-refractivity contribution >= 4 is 11.6 Å². The van der Waals surface area contributed by atoms with Crippen LogP contribution in [0.1, 0.15) is 17.4 Å². The molecule has 1 aliphatic heterocycles. The van der Waals surface area contributed by atoms with Crippen LogP contribution >= 0.6 is 0 Å². The number of piperazine rings is 1. The van der Waals surface area contributed by atoms with Gasteiger partial charge in [-0.2, -0.15) is 0 Å². The number of benzene rings is 1. The van der Waals surface area contributed by atoms with Crippen LogP contribution in [-0.4, -0.2) is 46.5 Å². The molecule has 1 saturated heterocycles. The number of aromatic nitrogens is 2. The number of halogens is 1. The van der Waals surface area contributed by atoms with E-state index in [1.807, 2.05) is 51.8 Å². The number of carbonyl (C=O) groups is 1. The Hall–Kier alpha value is -3.15. The number of pyridine rings is 1. The summed E-state index contributed by atoms with van der Waals surface area (Å²) in [5.74, 6) is -0.195. The number of anilines is 1. The first kappa shape index (κ1) is 18.2. The molecule has 6 heteroatoms. The molecule has 1 aromatic carbocycles. The summed E-state index contributed by atoms with van der Waals surface area (Å²) in [4.78, 5) is 21.0. The zero-order valence-corrected chi connectivity index (χ0v) is 15.9. The van der Waals surface area contributed by atoms with E-state index < -0.39 is 0 Å².